The van der Waals surface area contributed by atoms with Gasteiger partial charge in [-0.3, -0.25) is 4.55 Å². The van der Waals surface area contributed by atoms with E-state index in [0.29, 0.717) is 22.1 Å². The van der Waals surface area contributed by atoms with Crippen molar-refractivity contribution in [2.24, 2.45) is 20.5 Å². The Morgan fingerprint density at radius 3 is 1.93 bits per heavy atom. The van der Waals surface area contributed by atoms with Crippen molar-refractivity contribution in [1.82, 2.24) is 0 Å². The van der Waals surface area contributed by atoms with E-state index in [2.05, 4.69) is 20.5 Å². The van der Waals surface area contributed by atoms with Crippen LogP contribution < -0.4 is 0 Å². The summed E-state index contributed by atoms with van der Waals surface area (Å²) in [6.07, 6.45) is 0. The summed E-state index contributed by atoms with van der Waals surface area (Å²) < 4.78 is 33.5. The highest BCUT2D eigenvalue weighted by Crippen LogP contribution is 2.42. The van der Waals surface area contributed by atoms with Gasteiger partial charge in [-0.05, 0) is 23.6 Å². The molecule has 30 heavy (non-hydrogen) atoms. The highest BCUT2D eigenvalue weighted by molar-refractivity contribution is 7.86. The Balaban J connectivity index is 1.94. The lowest BCUT2D eigenvalue weighted by Crippen LogP contribution is -1.99. The van der Waals surface area contributed by atoms with Gasteiger partial charge in [-0.1, -0.05) is 48.5 Å². The molecule has 0 bridgehead atoms. The average molecular weight is 420 g/mol. The number of fused-ring (bicyclic) bond motifs is 2. The van der Waals surface area contributed by atoms with E-state index in [-0.39, 0.29) is 11.4 Å². The Bertz CT molecular complexity index is 1450. The number of phenols is 1. The van der Waals surface area contributed by atoms with Gasteiger partial charge in [0.2, 0.25) is 0 Å². The second-order valence-electron chi connectivity index (χ2n) is 6.42. The van der Waals surface area contributed by atoms with E-state index in [4.69, 9.17) is 0 Å². The third-order valence-corrected chi connectivity index (χ3v) is 5.45. The molecule has 0 radical (unpaired) electrons. The molecule has 9 heteroatoms. The lowest BCUT2D eigenvalue weighted by molar-refractivity contribution is 0.472. The molecule has 150 valence electrons. The molecule has 4 rings (SSSR count). The van der Waals surface area contributed by atoms with Crippen molar-refractivity contribution in [3.63, 3.8) is 0 Å². The van der Waals surface area contributed by atoms with Crippen LogP contribution in [0.2, 0.25) is 0 Å². The van der Waals surface area contributed by atoms with Gasteiger partial charge in [0.15, 0.2) is 5.75 Å². The molecule has 0 aliphatic rings. The highest BCUT2D eigenvalue weighted by Gasteiger charge is 2.21. The quantitative estimate of drug-likeness (QED) is 0.307. The van der Waals surface area contributed by atoms with E-state index in [1.54, 1.807) is 43.4 Å². The number of hydrogen-bond donors (Lipinski definition) is 2. The van der Waals surface area contributed by atoms with Crippen molar-refractivity contribution < 1.29 is 18.1 Å². The molecule has 0 saturated carbocycles. The first kappa shape index (κ1) is 19.6. The summed E-state index contributed by atoms with van der Waals surface area (Å²) in [5, 5.41) is 29.0. The van der Waals surface area contributed by atoms with Crippen LogP contribution in [0.25, 0.3) is 21.5 Å². The fourth-order valence-electron chi connectivity index (χ4n) is 3.24. The minimum Gasteiger partial charge on any atom is -0.505 e. The maximum Gasteiger partial charge on any atom is 0.296 e. The van der Waals surface area contributed by atoms with Crippen LogP contribution in [0.3, 0.4) is 0 Å². The van der Waals surface area contributed by atoms with Gasteiger partial charge in [-0.15, -0.1) is 10.2 Å². The van der Waals surface area contributed by atoms with Crippen molar-refractivity contribution >= 4 is 48.7 Å². The molecular formula is C21H16N4O4S. The molecule has 0 aliphatic heterocycles. The van der Waals surface area contributed by atoms with Crippen LogP contribution in [-0.4, -0.2) is 25.1 Å². The molecule has 0 heterocycles. The Morgan fingerprint density at radius 2 is 1.33 bits per heavy atom. The maximum absolute atomic E-state index is 11.9. The minimum absolute atomic E-state index is 0.336. The predicted octanol–water partition coefficient (Wildman–Crippen LogP) is 6.07. The number of phenolic OH excluding ortho intramolecular Hbond substituents is 1. The van der Waals surface area contributed by atoms with E-state index in [1.807, 2.05) is 24.3 Å². The van der Waals surface area contributed by atoms with Crippen LogP contribution in [0.4, 0.5) is 17.1 Å². The first-order chi connectivity index (χ1) is 14.4. The zero-order chi connectivity index (χ0) is 21.3. The summed E-state index contributed by atoms with van der Waals surface area (Å²) in [5.41, 5.74) is 0.756. The third-order valence-electron chi connectivity index (χ3n) is 4.58. The molecule has 0 saturated heterocycles. The van der Waals surface area contributed by atoms with Crippen molar-refractivity contribution in [2.45, 2.75) is 4.90 Å². The highest BCUT2D eigenvalue weighted by atomic mass is 32.2. The van der Waals surface area contributed by atoms with Crippen molar-refractivity contribution in [1.29, 1.82) is 0 Å². The molecule has 0 atom stereocenters. The Morgan fingerprint density at radius 1 is 0.767 bits per heavy atom. The summed E-state index contributed by atoms with van der Waals surface area (Å²) in [5.74, 6) is -0.384. The summed E-state index contributed by atoms with van der Waals surface area (Å²) in [4.78, 5) is -0.525. The molecule has 0 aromatic heterocycles. The van der Waals surface area contributed by atoms with Crippen LogP contribution in [0.5, 0.6) is 5.75 Å². The van der Waals surface area contributed by atoms with E-state index in [0.717, 1.165) is 10.8 Å². The van der Waals surface area contributed by atoms with Crippen LogP contribution in [-0.2, 0) is 10.1 Å². The zero-order valence-corrected chi connectivity index (χ0v) is 16.6. The molecule has 4 aromatic rings. The fraction of sp³-hybridized carbons (Fsp3) is 0.0476. The molecule has 0 amide bonds. The van der Waals surface area contributed by atoms with Crippen LogP contribution in [0, 0.1) is 0 Å². The molecule has 0 aliphatic carbocycles. The standard InChI is InChI=1S/C21H16N4O4S/c1-22-23-17-10-11-18(16-9-5-4-8-15(16)17)24-25-20-19(30(27,28)29)12-13-6-2-3-7-14(13)21(20)26/h2-12,26H,1H3,(H,27,28,29). The molecular weight excluding hydrogens is 404 g/mol. The van der Waals surface area contributed by atoms with Crippen LogP contribution in [0.1, 0.15) is 0 Å². The topological polar surface area (TPSA) is 124 Å². The summed E-state index contributed by atoms with van der Waals surface area (Å²) in [7, 11) is -3.08. The van der Waals surface area contributed by atoms with Crippen LogP contribution >= 0.6 is 0 Å². The largest absolute Gasteiger partial charge is 0.505 e. The van der Waals surface area contributed by atoms with Crippen molar-refractivity contribution in [3.8, 4) is 5.75 Å². The fourth-order valence-corrected chi connectivity index (χ4v) is 3.90. The molecule has 8 nitrogen and oxygen atoms in total. The summed E-state index contributed by atoms with van der Waals surface area (Å²) in [6, 6.07) is 18.6. The molecule has 0 spiro atoms. The molecule has 2 N–H and O–H groups in total. The number of hydrogen-bond acceptors (Lipinski definition) is 7. The van der Waals surface area contributed by atoms with Gasteiger partial charge in [-0.2, -0.15) is 18.6 Å². The minimum atomic E-state index is -4.65. The predicted molar refractivity (Wildman–Crippen MR) is 114 cm³/mol. The van der Waals surface area contributed by atoms with Gasteiger partial charge >= 0.3 is 0 Å². The number of rotatable bonds is 4. The van der Waals surface area contributed by atoms with Gasteiger partial charge in [-0.25, -0.2) is 0 Å². The van der Waals surface area contributed by atoms with Crippen LogP contribution in [0.15, 0.2) is 92.1 Å². The Labute approximate surface area is 172 Å². The summed E-state index contributed by atoms with van der Waals surface area (Å²) >= 11 is 0. The number of azo groups is 2. The Kier molecular flexibility index (Phi) is 4.98. The first-order valence-corrected chi connectivity index (χ1v) is 10.3. The van der Waals surface area contributed by atoms with Gasteiger partial charge in [0, 0.05) is 23.2 Å². The molecule has 0 unspecified atom stereocenters. The molecule has 0 fully saturated rings. The SMILES string of the molecule is CN=Nc1ccc(N=Nc2c(S(=O)(=O)O)cc3ccccc3c2O)c2ccccc12. The number of nitrogens with zero attached hydrogens (tertiary/aromatic N) is 4. The Hall–Kier alpha value is -3.69. The van der Waals surface area contributed by atoms with Gasteiger partial charge < -0.3 is 5.11 Å². The van der Waals surface area contributed by atoms with E-state index in [1.165, 1.54) is 6.07 Å². The second-order valence-corrected chi connectivity index (χ2v) is 7.81. The first-order valence-electron chi connectivity index (χ1n) is 8.85. The van der Waals surface area contributed by atoms with Crippen molar-refractivity contribution in [3.05, 3.63) is 66.7 Å². The van der Waals surface area contributed by atoms with E-state index >= 15 is 0 Å². The normalized spacial score (nSPS) is 12.5. The smallest absolute Gasteiger partial charge is 0.296 e. The number of benzene rings is 4. The summed E-state index contributed by atoms with van der Waals surface area (Å²) in [6.45, 7) is 0. The number of aromatic hydroxyl groups is 1. The zero-order valence-electron chi connectivity index (χ0n) is 15.8. The molecule has 4 aromatic carbocycles. The maximum atomic E-state index is 11.9. The van der Waals surface area contributed by atoms with E-state index < -0.39 is 15.0 Å². The average Bonchev–Trinajstić information content (AvgIpc) is 2.73. The van der Waals surface area contributed by atoms with Gasteiger partial charge in [0.05, 0.1) is 11.4 Å². The third kappa shape index (κ3) is 3.51. The lowest BCUT2D eigenvalue weighted by atomic mass is 10.1. The van der Waals surface area contributed by atoms with Gasteiger partial charge in [0.1, 0.15) is 10.6 Å². The van der Waals surface area contributed by atoms with Gasteiger partial charge in [0.25, 0.3) is 10.1 Å². The second kappa shape index (κ2) is 7.62. The van der Waals surface area contributed by atoms with Crippen molar-refractivity contribution in [2.75, 3.05) is 7.05 Å². The monoisotopic (exact) mass is 420 g/mol. The lowest BCUT2D eigenvalue weighted by Gasteiger charge is -2.09. The van der Waals surface area contributed by atoms with E-state index in [9.17, 15) is 18.1 Å².